The van der Waals surface area contributed by atoms with Crippen molar-refractivity contribution < 1.29 is 13.2 Å². The highest BCUT2D eigenvalue weighted by Gasteiger charge is 2.16. The molecule has 0 unspecified atom stereocenters. The van der Waals surface area contributed by atoms with E-state index in [0.29, 0.717) is 16.1 Å². The zero-order valence-electron chi connectivity index (χ0n) is 10.3. The smallest absolute Gasteiger partial charge is 0.155 e. The lowest BCUT2D eigenvalue weighted by Gasteiger charge is -2.10. The van der Waals surface area contributed by atoms with E-state index >= 15 is 0 Å². The minimum absolute atomic E-state index is 0.00118. The van der Waals surface area contributed by atoms with E-state index in [1.807, 2.05) is 6.07 Å². The molecule has 18 heavy (non-hydrogen) atoms. The Hall–Kier alpha value is -0.260. The molecule has 0 saturated heterocycles. The number of benzene rings is 1. The summed E-state index contributed by atoms with van der Waals surface area (Å²) in [4.78, 5) is 0. The van der Waals surface area contributed by atoms with Crippen molar-refractivity contribution in [3.05, 3.63) is 28.8 Å². The zero-order chi connectivity index (χ0) is 13.8. The molecule has 0 atom stereocenters. The van der Waals surface area contributed by atoms with E-state index in [1.165, 1.54) is 0 Å². The topological polar surface area (TPSA) is 43.4 Å². The predicted octanol–water partition coefficient (Wildman–Crippen LogP) is 3.44. The van der Waals surface area contributed by atoms with Crippen LogP contribution in [0.5, 0.6) is 5.75 Å². The summed E-state index contributed by atoms with van der Waals surface area (Å²) in [6.07, 6.45) is 0. The van der Waals surface area contributed by atoms with Gasteiger partial charge >= 0.3 is 0 Å². The fourth-order valence-corrected chi connectivity index (χ4v) is 2.64. The Morgan fingerprint density at radius 2 is 2.06 bits per heavy atom. The first kappa shape index (κ1) is 15.8. The number of rotatable bonds is 6. The summed E-state index contributed by atoms with van der Waals surface area (Å²) in [6, 6.07) is 5.43. The Bertz CT molecular complexity index is 500. The average Bonchev–Trinajstić information content (AvgIpc) is 2.30. The first-order valence-corrected chi connectivity index (χ1v) is 8.77. The maximum Gasteiger partial charge on any atom is 0.155 e. The van der Waals surface area contributed by atoms with Crippen molar-refractivity contribution in [2.45, 2.75) is 24.4 Å². The number of sulfone groups is 1. The van der Waals surface area contributed by atoms with Gasteiger partial charge in [0.25, 0.3) is 0 Å². The normalized spacial score (nSPS) is 11.8. The van der Waals surface area contributed by atoms with Gasteiger partial charge in [-0.05, 0) is 31.5 Å². The van der Waals surface area contributed by atoms with Crippen molar-refractivity contribution in [1.29, 1.82) is 0 Å². The van der Waals surface area contributed by atoms with Crippen molar-refractivity contribution in [2.24, 2.45) is 0 Å². The molecule has 0 amide bonds. The molecule has 0 aliphatic heterocycles. The van der Waals surface area contributed by atoms with E-state index in [-0.39, 0.29) is 17.6 Å². The lowest BCUT2D eigenvalue weighted by atomic mass is 10.2. The molecule has 0 bridgehead atoms. The van der Waals surface area contributed by atoms with Crippen molar-refractivity contribution in [3.63, 3.8) is 0 Å². The standard InChI is InChI=1S/C12H16BrClO3S/c1-9(2)18(15,16)6-5-17-12-4-3-10(8-13)7-11(12)14/h3-4,7,9H,5-6,8H2,1-2H3. The average molecular weight is 356 g/mol. The van der Waals surface area contributed by atoms with Gasteiger partial charge in [0.2, 0.25) is 0 Å². The minimum atomic E-state index is -3.07. The number of alkyl halides is 1. The molecule has 0 aliphatic rings. The van der Waals surface area contributed by atoms with Crippen LogP contribution in [0.4, 0.5) is 0 Å². The molecule has 0 radical (unpaired) electrons. The quantitative estimate of drug-likeness (QED) is 0.734. The van der Waals surface area contributed by atoms with E-state index in [9.17, 15) is 8.42 Å². The third-order valence-electron chi connectivity index (χ3n) is 2.49. The monoisotopic (exact) mass is 354 g/mol. The number of hydrogen-bond acceptors (Lipinski definition) is 3. The molecular weight excluding hydrogens is 340 g/mol. The van der Waals surface area contributed by atoms with Crippen LogP contribution < -0.4 is 4.74 Å². The largest absolute Gasteiger partial charge is 0.491 e. The molecule has 1 aromatic carbocycles. The molecule has 3 nitrogen and oxygen atoms in total. The van der Waals surface area contributed by atoms with Gasteiger partial charge in [-0.2, -0.15) is 0 Å². The van der Waals surface area contributed by atoms with Gasteiger partial charge in [0, 0.05) is 5.33 Å². The van der Waals surface area contributed by atoms with Gasteiger partial charge in [-0.25, -0.2) is 8.42 Å². The van der Waals surface area contributed by atoms with Gasteiger partial charge in [0.1, 0.15) is 12.4 Å². The highest BCUT2D eigenvalue weighted by atomic mass is 79.9. The van der Waals surface area contributed by atoms with Crippen molar-refractivity contribution in [1.82, 2.24) is 0 Å². The molecule has 0 N–H and O–H groups in total. The molecular formula is C12H16BrClO3S. The van der Waals surface area contributed by atoms with Crippen molar-refractivity contribution >= 4 is 37.4 Å². The van der Waals surface area contributed by atoms with Crippen LogP contribution in [-0.2, 0) is 15.2 Å². The molecule has 0 aromatic heterocycles. The van der Waals surface area contributed by atoms with Crippen molar-refractivity contribution in [3.8, 4) is 5.75 Å². The van der Waals surface area contributed by atoms with Gasteiger partial charge in [0.15, 0.2) is 9.84 Å². The van der Waals surface area contributed by atoms with Gasteiger partial charge in [0.05, 0.1) is 16.0 Å². The third kappa shape index (κ3) is 4.44. The van der Waals surface area contributed by atoms with Gasteiger partial charge < -0.3 is 4.74 Å². The lowest BCUT2D eigenvalue weighted by Crippen LogP contribution is -2.22. The van der Waals surface area contributed by atoms with E-state index < -0.39 is 9.84 Å². The Kier molecular flexibility index (Phi) is 5.95. The van der Waals surface area contributed by atoms with E-state index in [0.717, 1.165) is 5.56 Å². The lowest BCUT2D eigenvalue weighted by molar-refractivity contribution is 0.340. The van der Waals surface area contributed by atoms with E-state index in [1.54, 1.807) is 26.0 Å². The van der Waals surface area contributed by atoms with Gasteiger partial charge in [-0.15, -0.1) is 0 Å². The summed E-state index contributed by atoms with van der Waals surface area (Å²) in [6.45, 7) is 3.44. The van der Waals surface area contributed by atoms with E-state index in [2.05, 4.69) is 15.9 Å². The summed E-state index contributed by atoms with van der Waals surface area (Å²) in [5.41, 5.74) is 1.04. The van der Waals surface area contributed by atoms with E-state index in [4.69, 9.17) is 16.3 Å². The fraction of sp³-hybridized carbons (Fsp3) is 0.500. The highest BCUT2D eigenvalue weighted by molar-refractivity contribution is 9.08. The first-order valence-electron chi connectivity index (χ1n) is 5.55. The van der Waals surface area contributed by atoms with Crippen LogP contribution in [0.1, 0.15) is 19.4 Å². The molecule has 1 aromatic rings. The maximum atomic E-state index is 11.6. The Balaban J connectivity index is 2.60. The Morgan fingerprint density at radius 3 is 2.56 bits per heavy atom. The molecule has 102 valence electrons. The highest BCUT2D eigenvalue weighted by Crippen LogP contribution is 2.26. The molecule has 0 aliphatic carbocycles. The number of ether oxygens (including phenoxy) is 1. The van der Waals surface area contributed by atoms with Crippen LogP contribution in [0.25, 0.3) is 0 Å². The first-order chi connectivity index (χ1) is 8.36. The molecule has 1 rings (SSSR count). The maximum absolute atomic E-state index is 11.6. The second-order valence-corrected chi connectivity index (χ2v) is 7.81. The predicted molar refractivity (Wildman–Crippen MR) is 78.5 cm³/mol. The van der Waals surface area contributed by atoms with Gasteiger partial charge in [-0.3, -0.25) is 0 Å². The zero-order valence-corrected chi connectivity index (χ0v) is 13.5. The third-order valence-corrected chi connectivity index (χ3v) is 5.61. The SMILES string of the molecule is CC(C)S(=O)(=O)CCOc1ccc(CBr)cc1Cl. The van der Waals surface area contributed by atoms with Crippen LogP contribution in [0.3, 0.4) is 0 Å². The minimum Gasteiger partial charge on any atom is -0.491 e. The van der Waals surface area contributed by atoms with Crippen LogP contribution >= 0.6 is 27.5 Å². The molecule has 0 spiro atoms. The molecule has 0 heterocycles. The summed E-state index contributed by atoms with van der Waals surface area (Å²) < 4.78 is 28.6. The Labute approximate surface area is 122 Å². The fourth-order valence-electron chi connectivity index (χ4n) is 1.25. The Morgan fingerprint density at radius 1 is 1.39 bits per heavy atom. The summed E-state index contributed by atoms with van der Waals surface area (Å²) in [7, 11) is -3.07. The summed E-state index contributed by atoms with van der Waals surface area (Å²) in [5, 5.41) is 0.829. The van der Waals surface area contributed by atoms with Crippen LogP contribution in [0.15, 0.2) is 18.2 Å². The number of hydrogen-bond donors (Lipinski definition) is 0. The summed E-state index contributed by atoms with van der Waals surface area (Å²) in [5.74, 6) is 0.515. The second kappa shape index (κ2) is 6.78. The molecule has 0 fully saturated rings. The van der Waals surface area contributed by atoms with Crippen molar-refractivity contribution in [2.75, 3.05) is 12.4 Å². The molecule has 6 heteroatoms. The second-order valence-electron chi connectivity index (χ2n) is 4.16. The summed E-state index contributed by atoms with van der Waals surface area (Å²) >= 11 is 9.36. The van der Waals surface area contributed by atoms with Gasteiger partial charge in [-0.1, -0.05) is 33.6 Å². The van der Waals surface area contributed by atoms with Crippen LogP contribution in [0.2, 0.25) is 5.02 Å². The van der Waals surface area contributed by atoms with Crippen LogP contribution in [-0.4, -0.2) is 26.0 Å². The molecule has 0 saturated carbocycles. The number of halogens is 2. The van der Waals surface area contributed by atoms with Crippen LogP contribution in [0, 0.1) is 0 Å².